The van der Waals surface area contributed by atoms with E-state index in [1.165, 1.54) is 0 Å². The van der Waals surface area contributed by atoms with Crippen molar-refractivity contribution >= 4 is 17.5 Å². The molecule has 1 N–H and O–H groups in total. The Bertz CT molecular complexity index is 785. The fourth-order valence-corrected chi connectivity index (χ4v) is 3.26. The van der Waals surface area contributed by atoms with Crippen molar-refractivity contribution in [2.24, 2.45) is 0 Å². The first-order valence-electron chi connectivity index (χ1n) is 8.40. The number of nitrogens with zero attached hydrogens (tertiary/aromatic N) is 4. The number of aliphatic hydroxyl groups is 1. The number of amides is 1. The van der Waals surface area contributed by atoms with Crippen LogP contribution in [0.2, 0.25) is 0 Å². The lowest BCUT2D eigenvalue weighted by molar-refractivity contribution is 0.0996. The van der Waals surface area contributed by atoms with Gasteiger partial charge in [0.25, 0.3) is 5.91 Å². The molecular formula is C18H20N4O3. The number of carbonyl (C=O) groups is 1. The predicted octanol–water partition coefficient (Wildman–Crippen LogP) is 1.61. The van der Waals surface area contributed by atoms with Gasteiger partial charge in [0.15, 0.2) is 0 Å². The van der Waals surface area contributed by atoms with Gasteiger partial charge in [-0.1, -0.05) is 0 Å². The molecule has 7 nitrogen and oxygen atoms in total. The maximum absolute atomic E-state index is 12.7. The van der Waals surface area contributed by atoms with Gasteiger partial charge in [-0.05, 0) is 37.1 Å². The standard InChI is InChI=1S/C18H20N4O3/c1-25-14-4-2-12(3-5-14)22-11-16-15(17(22)24)10-19-18(20-16)21-8-6-13(23)7-9-21/h2-5,10,13,23H,6-9,11H2,1H3. The molecule has 2 aliphatic heterocycles. The zero-order valence-corrected chi connectivity index (χ0v) is 14.1. The summed E-state index contributed by atoms with van der Waals surface area (Å²) in [6.45, 7) is 1.90. The van der Waals surface area contributed by atoms with Crippen LogP contribution >= 0.6 is 0 Å². The van der Waals surface area contributed by atoms with Crippen LogP contribution in [0.3, 0.4) is 0 Å². The molecule has 0 unspecified atom stereocenters. The maximum Gasteiger partial charge on any atom is 0.262 e. The van der Waals surface area contributed by atoms with Gasteiger partial charge in [0.1, 0.15) is 5.75 Å². The Labute approximate surface area is 145 Å². The van der Waals surface area contributed by atoms with Crippen molar-refractivity contribution in [1.82, 2.24) is 9.97 Å². The lowest BCUT2D eigenvalue weighted by atomic mass is 10.1. The molecule has 1 aromatic carbocycles. The van der Waals surface area contributed by atoms with Gasteiger partial charge < -0.3 is 19.6 Å². The number of hydrogen-bond acceptors (Lipinski definition) is 6. The average molecular weight is 340 g/mol. The monoisotopic (exact) mass is 340 g/mol. The Kier molecular flexibility index (Phi) is 4.01. The van der Waals surface area contributed by atoms with Gasteiger partial charge >= 0.3 is 0 Å². The molecule has 2 aliphatic rings. The van der Waals surface area contributed by atoms with E-state index in [1.54, 1.807) is 18.2 Å². The van der Waals surface area contributed by atoms with Crippen molar-refractivity contribution in [3.05, 3.63) is 41.7 Å². The highest BCUT2D eigenvalue weighted by Gasteiger charge is 2.31. The van der Waals surface area contributed by atoms with Crippen molar-refractivity contribution in [2.45, 2.75) is 25.5 Å². The molecule has 4 rings (SSSR count). The third kappa shape index (κ3) is 2.91. The third-order valence-corrected chi connectivity index (χ3v) is 4.77. The molecule has 0 atom stereocenters. The molecule has 1 saturated heterocycles. The zero-order valence-electron chi connectivity index (χ0n) is 14.1. The normalized spacial score (nSPS) is 17.8. The summed E-state index contributed by atoms with van der Waals surface area (Å²) in [6, 6.07) is 7.40. The van der Waals surface area contributed by atoms with Crippen LogP contribution in [0.4, 0.5) is 11.6 Å². The second-order valence-corrected chi connectivity index (χ2v) is 6.34. The number of rotatable bonds is 3. The number of carbonyl (C=O) groups excluding carboxylic acids is 1. The van der Waals surface area contributed by atoms with E-state index < -0.39 is 0 Å². The van der Waals surface area contributed by atoms with E-state index in [2.05, 4.69) is 14.9 Å². The number of benzene rings is 1. The SMILES string of the molecule is COc1ccc(N2Cc3nc(N4CCC(O)CC4)ncc3C2=O)cc1. The molecular weight excluding hydrogens is 320 g/mol. The second kappa shape index (κ2) is 6.33. The smallest absolute Gasteiger partial charge is 0.262 e. The highest BCUT2D eigenvalue weighted by atomic mass is 16.5. The average Bonchev–Trinajstić information content (AvgIpc) is 2.98. The quantitative estimate of drug-likeness (QED) is 0.914. The number of methoxy groups -OCH3 is 1. The summed E-state index contributed by atoms with van der Waals surface area (Å²) in [5.74, 6) is 1.30. The Morgan fingerprint density at radius 2 is 1.92 bits per heavy atom. The molecule has 0 aliphatic carbocycles. The first-order valence-corrected chi connectivity index (χ1v) is 8.40. The molecule has 0 saturated carbocycles. The van der Waals surface area contributed by atoms with E-state index in [9.17, 15) is 9.90 Å². The summed E-state index contributed by atoms with van der Waals surface area (Å²) in [7, 11) is 1.61. The first-order chi connectivity index (χ1) is 12.2. The number of piperidine rings is 1. The van der Waals surface area contributed by atoms with Crippen LogP contribution in [0.5, 0.6) is 5.75 Å². The number of fused-ring (bicyclic) bond motifs is 1. The molecule has 2 aromatic rings. The fraction of sp³-hybridized carbons (Fsp3) is 0.389. The summed E-state index contributed by atoms with van der Waals surface area (Å²) in [6.07, 6.45) is 2.82. The maximum atomic E-state index is 12.7. The van der Waals surface area contributed by atoms with Gasteiger partial charge in [-0.2, -0.15) is 0 Å². The Hall–Kier alpha value is -2.67. The first kappa shape index (κ1) is 15.8. The highest BCUT2D eigenvalue weighted by molar-refractivity contribution is 6.09. The topological polar surface area (TPSA) is 78.8 Å². The van der Waals surface area contributed by atoms with E-state index in [1.807, 2.05) is 24.3 Å². The number of aromatic nitrogens is 2. The largest absolute Gasteiger partial charge is 0.497 e. The van der Waals surface area contributed by atoms with Crippen molar-refractivity contribution in [2.75, 3.05) is 30.0 Å². The van der Waals surface area contributed by atoms with Crippen LogP contribution in [0, 0.1) is 0 Å². The van der Waals surface area contributed by atoms with Crippen molar-refractivity contribution in [3.63, 3.8) is 0 Å². The van der Waals surface area contributed by atoms with Gasteiger partial charge in [0.05, 0.1) is 31.0 Å². The number of hydrogen-bond donors (Lipinski definition) is 1. The van der Waals surface area contributed by atoms with Gasteiger partial charge in [-0.3, -0.25) is 4.79 Å². The molecule has 130 valence electrons. The van der Waals surface area contributed by atoms with Crippen LogP contribution in [-0.4, -0.2) is 47.3 Å². The third-order valence-electron chi connectivity index (χ3n) is 4.77. The van der Waals surface area contributed by atoms with Crippen molar-refractivity contribution in [1.29, 1.82) is 0 Å². The number of ether oxygens (including phenoxy) is 1. The van der Waals surface area contributed by atoms with Crippen LogP contribution in [-0.2, 0) is 6.54 Å². The highest BCUT2D eigenvalue weighted by Crippen LogP contribution is 2.29. The summed E-state index contributed by atoms with van der Waals surface area (Å²) in [5, 5.41) is 9.63. The van der Waals surface area contributed by atoms with Crippen LogP contribution in [0.15, 0.2) is 30.5 Å². The number of anilines is 2. The van der Waals surface area contributed by atoms with Gasteiger partial charge in [-0.25, -0.2) is 9.97 Å². The Balaban J connectivity index is 1.56. The summed E-state index contributed by atoms with van der Waals surface area (Å²) < 4.78 is 5.16. The van der Waals surface area contributed by atoms with Gasteiger partial charge in [-0.15, -0.1) is 0 Å². The number of aliphatic hydroxyl groups excluding tert-OH is 1. The predicted molar refractivity (Wildman–Crippen MR) is 93.0 cm³/mol. The summed E-state index contributed by atoms with van der Waals surface area (Å²) in [5.41, 5.74) is 2.11. The molecule has 0 radical (unpaired) electrons. The molecule has 0 bridgehead atoms. The van der Waals surface area contributed by atoms with Crippen LogP contribution < -0.4 is 14.5 Å². The van der Waals surface area contributed by atoms with Crippen LogP contribution in [0.25, 0.3) is 0 Å². The van der Waals surface area contributed by atoms with Crippen molar-refractivity contribution in [3.8, 4) is 5.75 Å². The Morgan fingerprint density at radius 1 is 1.20 bits per heavy atom. The van der Waals surface area contributed by atoms with E-state index in [0.29, 0.717) is 18.1 Å². The molecule has 3 heterocycles. The minimum absolute atomic E-state index is 0.0826. The minimum atomic E-state index is -0.238. The van der Waals surface area contributed by atoms with Gasteiger partial charge in [0.2, 0.25) is 5.95 Å². The Morgan fingerprint density at radius 3 is 2.60 bits per heavy atom. The molecule has 25 heavy (non-hydrogen) atoms. The second-order valence-electron chi connectivity index (χ2n) is 6.34. The van der Waals surface area contributed by atoms with Crippen molar-refractivity contribution < 1.29 is 14.6 Å². The molecule has 1 amide bonds. The summed E-state index contributed by atoms with van der Waals surface area (Å²) in [4.78, 5) is 25.4. The van der Waals surface area contributed by atoms with Crippen LogP contribution in [0.1, 0.15) is 28.9 Å². The molecule has 1 aromatic heterocycles. The molecule has 1 fully saturated rings. The summed E-state index contributed by atoms with van der Waals surface area (Å²) >= 11 is 0. The van der Waals surface area contributed by atoms with E-state index in [0.717, 1.165) is 43.1 Å². The van der Waals surface area contributed by atoms with E-state index in [-0.39, 0.29) is 12.0 Å². The molecule has 7 heteroatoms. The minimum Gasteiger partial charge on any atom is -0.497 e. The van der Waals surface area contributed by atoms with E-state index in [4.69, 9.17) is 4.74 Å². The lowest BCUT2D eigenvalue weighted by Gasteiger charge is -2.29. The zero-order chi connectivity index (χ0) is 17.4. The van der Waals surface area contributed by atoms with E-state index >= 15 is 0 Å². The lowest BCUT2D eigenvalue weighted by Crippen LogP contribution is -2.37. The fourth-order valence-electron chi connectivity index (χ4n) is 3.26. The van der Waals surface area contributed by atoms with Gasteiger partial charge in [0, 0.05) is 25.0 Å². The molecule has 0 spiro atoms.